The fourth-order valence-corrected chi connectivity index (χ4v) is 2.66. The molecule has 0 bridgehead atoms. The largest absolute Gasteiger partial charge is 0.396 e. The van der Waals surface area contributed by atoms with Crippen LogP contribution < -0.4 is 0 Å². The van der Waals surface area contributed by atoms with E-state index in [1.807, 2.05) is 0 Å². The molecule has 1 aliphatic carbocycles. The van der Waals surface area contributed by atoms with Crippen LogP contribution in [0.2, 0.25) is 0 Å². The molecule has 0 aromatic heterocycles. The average molecular weight is 212 g/mol. The van der Waals surface area contributed by atoms with Gasteiger partial charge in [0.15, 0.2) is 0 Å². The van der Waals surface area contributed by atoms with Crippen LogP contribution in [0, 0.1) is 5.92 Å². The smallest absolute Gasteiger partial charge is 0.0443 e. The summed E-state index contributed by atoms with van der Waals surface area (Å²) in [4.78, 5) is 5.04. The first-order valence-corrected chi connectivity index (χ1v) is 6.33. The van der Waals surface area contributed by atoms with Gasteiger partial charge in [-0.3, -0.25) is 0 Å². The van der Waals surface area contributed by atoms with Crippen molar-refractivity contribution in [3.05, 3.63) is 0 Å². The molecule has 1 aliphatic heterocycles. The molecule has 3 heteroatoms. The molecule has 0 aromatic carbocycles. The second-order valence-electron chi connectivity index (χ2n) is 5.22. The summed E-state index contributed by atoms with van der Waals surface area (Å²) in [5.74, 6) is 0.870. The number of aliphatic hydroxyl groups is 1. The third-order valence-corrected chi connectivity index (χ3v) is 3.65. The first kappa shape index (κ1) is 11.4. The van der Waals surface area contributed by atoms with Crippen molar-refractivity contribution < 1.29 is 5.11 Å². The highest BCUT2D eigenvalue weighted by Gasteiger charge is 2.34. The fourth-order valence-electron chi connectivity index (χ4n) is 2.66. The Bertz CT molecular complexity index is 194. The van der Waals surface area contributed by atoms with Crippen molar-refractivity contribution in [1.82, 2.24) is 9.80 Å². The fraction of sp³-hybridized carbons (Fsp3) is 1.00. The average Bonchev–Trinajstić information content (AvgIpc) is 2.98. The van der Waals surface area contributed by atoms with Gasteiger partial charge in [0.05, 0.1) is 0 Å². The van der Waals surface area contributed by atoms with Gasteiger partial charge in [0.25, 0.3) is 0 Å². The van der Waals surface area contributed by atoms with E-state index in [0.29, 0.717) is 6.61 Å². The van der Waals surface area contributed by atoms with Gasteiger partial charge in [0.1, 0.15) is 0 Å². The molecule has 2 fully saturated rings. The lowest BCUT2D eigenvalue weighted by molar-refractivity contribution is 0.224. The van der Waals surface area contributed by atoms with Gasteiger partial charge in [0, 0.05) is 32.3 Å². The Hall–Kier alpha value is -0.120. The van der Waals surface area contributed by atoms with Crippen LogP contribution in [0.5, 0.6) is 0 Å². The molecule has 3 nitrogen and oxygen atoms in total. The number of rotatable bonds is 6. The summed E-state index contributed by atoms with van der Waals surface area (Å²) in [5.41, 5.74) is 0. The van der Waals surface area contributed by atoms with Crippen LogP contribution >= 0.6 is 0 Å². The van der Waals surface area contributed by atoms with Crippen molar-refractivity contribution in [3.63, 3.8) is 0 Å². The van der Waals surface area contributed by atoms with Crippen molar-refractivity contribution in [2.24, 2.45) is 5.92 Å². The highest BCUT2D eigenvalue weighted by Crippen LogP contribution is 2.31. The number of aliphatic hydroxyl groups excluding tert-OH is 1. The minimum atomic E-state index is 0.323. The normalized spacial score (nSPS) is 27.8. The highest BCUT2D eigenvalue weighted by atomic mass is 16.3. The van der Waals surface area contributed by atoms with Gasteiger partial charge in [-0.2, -0.15) is 0 Å². The zero-order valence-electron chi connectivity index (χ0n) is 9.86. The van der Waals surface area contributed by atoms with Crippen LogP contribution in [0.3, 0.4) is 0 Å². The van der Waals surface area contributed by atoms with E-state index in [0.717, 1.165) is 24.9 Å². The summed E-state index contributed by atoms with van der Waals surface area (Å²) >= 11 is 0. The number of hydrogen-bond donors (Lipinski definition) is 1. The summed E-state index contributed by atoms with van der Waals surface area (Å²) in [6.07, 6.45) is 5.16. The second kappa shape index (κ2) is 5.28. The molecule has 88 valence electrons. The highest BCUT2D eigenvalue weighted by molar-refractivity contribution is 4.89. The van der Waals surface area contributed by atoms with Gasteiger partial charge in [-0.25, -0.2) is 0 Å². The van der Waals surface area contributed by atoms with Crippen LogP contribution in [0.4, 0.5) is 0 Å². The van der Waals surface area contributed by atoms with E-state index in [2.05, 4.69) is 16.8 Å². The minimum Gasteiger partial charge on any atom is -0.396 e. The lowest BCUT2D eigenvalue weighted by Gasteiger charge is -2.21. The van der Waals surface area contributed by atoms with E-state index in [-0.39, 0.29) is 0 Å². The SMILES string of the molecule is CN(CCCO)CC1CCN(C2CC2)C1. The van der Waals surface area contributed by atoms with Crippen LogP contribution in [-0.2, 0) is 0 Å². The molecule has 0 amide bonds. The topological polar surface area (TPSA) is 26.7 Å². The molecule has 1 saturated carbocycles. The van der Waals surface area contributed by atoms with Gasteiger partial charge in [-0.1, -0.05) is 0 Å². The zero-order valence-corrected chi connectivity index (χ0v) is 9.86. The lowest BCUT2D eigenvalue weighted by Crippen LogP contribution is -2.30. The maximum Gasteiger partial charge on any atom is 0.0443 e. The van der Waals surface area contributed by atoms with Crippen LogP contribution in [0.15, 0.2) is 0 Å². The standard InChI is InChI=1S/C12H24N2O/c1-13(6-2-8-15)9-11-5-7-14(10-11)12-3-4-12/h11-12,15H,2-10H2,1H3. The summed E-state index contributed by atoms with van der Waals surface area (Å²) in [7, 11) is 2.18. The molecule has 0 spiro atoms. The number of likely N-dealkylation sites (tertiary alicyclic amines) is 1. The van der Waals surface area contributed by atoms with Gasteiger partial charge >= 0.3 is 0 Å². The Kier molecular flexibility index (Phi) is 4.00. The molecule has 0 radical (unpaired) electrons. The summed E-state index contributed by atoms with van der Waals surface area (Å²) in [6.45, 7) is 5.21. The van der Waals surface area contributed by atoms with Crippen molar-refractivity contribution in [1.29, 1.82) is 0 Å². The Balaban J connectivity index is 1.62. The van der Waals surface area contributed by atoms with Crippen LogP contribution in [0.1, 0.15) is 25.7 Å². The van der Waals surface area contributed by atoms with Crippen molar-refractivity contribution in [2.75, 3.05) is 39.8 Å². The van der Waals surface area contributed by atoms with Crippen LogP contribution in [0.25, 0.3) is 0 Å². The molecule has 1 unspecified atom stereocenters. The third-order valence-electron chi connectivity index (χ3n) is 3.65. The molecule has 15 heavy (non-hydrogen) atoms. The number of hydrogen-bond acceptors (Lipinski definition) is 3. The van der Waals surface area contributed by atoms with E-state index < -0.39 is 0 Å². The Morgan fingerprint density at radius 2 is 2.13 bits per heavy atom. The van der Waals surface area contributed by atoms with Crippen LogP contribution in [-0.4, -0.2) is 60.8 Å². The Labute approximate surface area is 93.1 Å². The van der Waals surface area contributed by atoms with Gasteiger partial charge in [0.2, 0.25) is 0 Å². The van der Waals surface area contributed by atoms with Gasteiger partial charge < -0.3 is 14.9 Å². The Morgan fingerprint density at radius 1 is 1.33 bits per heavy atom. The number of nitrogens with zero attached hydrogens (tertiary/aromatic N) is 2. The second-order valence-corrected chi connectivity index (χ2v) is 5.22. The molecule has 1 heterocycles. The van der Waals surface area contributed by atoms with E-state index in [1.165, 1.54) is 38.9 Å². The molecular weight excluding hydrogens is 188 g/mol. The summed E-state index contributed by atoms with van der Waals surface area (Å²) in [6, 6.07) is 0.942. The quantitative estimate of drug-likeness (QED) is 0.705. The van der Waals surface area contributed by atoms with E-state index in [1.54, 1.807) is 0 Å². The predicted octanol–water partition coefficient (Wildman–Crippen LogP) is 0.785. The molecule has 1 N–H and O–H groups in total. The third kappa shape index (κ3) is 3.44. The maximum absolute atomic E-state index is 8.76. The van der Waals surface area contributed by atoms with E-state index in [9.17, 15) is 0 Å². The molecular formula is C12H24N2O. The predicted molar refractivity (Wildman–Crippen MR) is 61.9 cm³/mol. The van der Waals surface area contributed by atoms with Gasteiger partial charge in [-0.15, -0.1) is 0 Å². The molecule has 0 aromatic rings. The molecule has 2 aliphatic rings. The van der Waals surface area contributed by atoms with Crippen molar-refractivity contribution in [3.8, 4) is 0 Å². The van der Waals surface area contributed by atoms with E-state index in [4.69, 9.17) is 5.11 Å². The van der Waals surface area contributed by atoms with Crippen molar-refractivity contribution in [2.45, 2.75) is 31.7 Å². The zero-order chi connectivity index (χ0) is 10.7. The van der Waals surface area contributed by atoms with E-state index >= 15 is 0 Å². The first-order valence-electron chi connectivity index (χ1n) is 6.33. The molecule has 2 rings (SSSR count). The monoisotopic (exact) mass is 212 g/mol. The Morgan fingerprint density at radius 3 is 2.80 bits per heavy atom. The molecule has 1 atom stereocenters. The minimum absolute atomic E-state index is 0.323. The molecule has 1 saturated heterocycles. The maximum atomic E-state index is 8.76. The summed E-state index contributed by atoms with van der Waals surface area (Å²) in [5, 5.41) is 8.76. The lowest BCUT2D eigenvalue weighted by atomic mass is 10.1. The first-order chi connectivity index (χ1) is 7.29. The van der Waals surface area contributed by atoms with Gasteiger partial charge in [-0.05, 0) is 45.2 Å². The summed E-state index contributed by atoms with van der Waals surface area (Å²) < 4.78 is 0. The van der Waals surface area contributed by atoms with Crippen molar-refractivity contribution >= 4 is 0 Å².